The first-order valence-electron chi connectivity index (χ1n) is 6.29. The van der Waals surface area contributed by atoms with Gasteiger partial charge in [0.2, 0.25) is 0 Å². The van der Waals surface area contributed by atoms with Crippen molar-refractivity contribution in [3.63, 3.8) is 0 Å². The number of piperidine rings is 1. The number of hydrogen-bond donors (Lipinski definition) is 1. The Labute approximate surface area is 108 Å². The van der Waals surface area contributed by atoms with Gasteiger partial charge in [-0.15, -0.1) is 11.3 Å². The normalized spacial score (nSPS) is 25.1. The van der Waals surface area contributed by atoms with Crippen molar-refractivity contribution in [2.45, 2.75) is 46.7 Å². The molecule has 4 heteroatoms. The van der Waals surface area contributed by atoms with E-state index < -0.39 is 0 Å². The van der Waals surface area contributed by atoms with E-state index in [-0.39, 0.29) is 5.41 Å². The van der Waals surface area contributed by atoms with Crippen LogP contribution in [0.25, 0.3) is 0 Å². The summed E-state index contributed by atoms with van der Waals surface area (Å²) in [6.45, 7) is 12.0. The molecule has 1 aromatic rings. The highest BCUT2D eigenvalue weighted by Gasteiger charge is 2.33. The lowest BCUT2D eigenvalue weighted by Crippen LogP contribution is -2.52. The fourth-order valence-electron chi connectivity index (χ4n) is 2.54. The van der Waals surface area contributed by atoms with E-state index in [2.05, 4.69) is 37.6 Å². The van der Waals surface area contributed by atoms with Crippen LogP contribution in [-0.2, 0) is 6.54 Å². The first-order chi connectivity index (χ1) is 7.88. The number of aromatic nitrogens is 1. The standard InChI is InChI=1S/C13H23N3S/c1-9-11(17-10(2)15-9)7-16-6-5-12(14)13(3,4)8-16/h12H,5-8,14H2,1-4H3. The summed E-state index contributed by atoms with van der Waals surface area (Å²) < 4.78 is 0. The summed E-state index contributed by atoms with van der Waals surface area (Å²) in [5.74, 6) is 0. The average Bonchev–Trinajstić information content (AvgIpc) is 2.51. The van der Waals surface area contributed by atoms with Crippen molar-refractivity contribution >= 4 is 11.3 Å². The van der Waals surface area contributed by atoms with Gasteiger partial charge in [0.1, 0.15) is 0 Å². The molecular weight excluding hydrogens is 230 g/mol. The summed E-state index contributed by atoms with van der Waals surface area (Å²) in [5, 5.41) is 1.17. The van der Waals surface area contributed by atoms with Gasteiger partial charge >= 0.3 is 0 Å². The largest absolute Gasteiger partial charge is 0.327 e. The molecule has 1 aromatic heterocycles. The van der Waals surface area contributed by atoms with Gasteiger partial charge < -0.3 is 5.73 Å². The van der Waals surface area contributed by atoms with Gasteiger partial charge in [-0.1, -0.05) is 13.8 Å². The molecule has 1 aliphatic rings. The van der Waals surface area contributed by atoms with Crippen molar-refractivity contribution in [1.82, 2.24) is 9.88 Å². The Morgan fingerprint density at radius 2 is 2.18 bits per heavy atom. The molecule has 2 rings (SSSR count). The molecule has 2 heterocycles. The molecule has 1 unspecified atom stereocenters. The van der Waals surface area contributed by atoms with E-state index >= 15 is 0 Å². The Kier molecular flexibility index (Phi) is 3.57. The minimum absolute atomic E-state index is 0.228. The van der Waals surface area contributed by atoms with Gasteiger partial charge in [0, 0.05) is 30.6 Å². The van der Waals surface area contributed by atoms with Gasteiger partial charge in [0.05, 0.1) is 10.7 Å². The van der Waals surface area contributed by atoms with Gasteiger partial charge in [0.15, 0.2) is 0 Å². The lowest BCUT2D eigenvalue weighted by atomic mass is 9.80. The monoisotopic (exact) mass is 253 g/mol. The molecule has 3 nitrogen and oxygen atoms in total. The third-order valence-electron chi connectivity index (χ3n) is 3.76. The summed E-state index contributed by atoms with van der Waals surface area (Å²) in [6, 6.07) is 0.336. The predicted octanol–water partition coefficient (Wildman–Crippen LogP) is 2.32. The van der Waals surface area contributed by atoms with Crippen LogP contribution in [0.5, 0.6) is 0 Å². The van der Waals surface area contributed by atoms with Gasteiger partial charge in [-0.25, -0.2) is 4.98 Å². The number of aryl methyl sites for hydroxylation is 2. The van der Waals surface area contributed by atoms with Crippen molar-refractivity contribution in [1.29, 1.82) is 0 Å². The number of likely N-dealkylation sites (tertiary alicyclic amines) is 1. The van der Waals surface area contributed by atoms with Crippen LogP contribution in [0.3, 0.4) is 0 Å². The summed E-state index contributed by atoms with van der Waals surface area (Å²) in [6.07, 6.45) is 1.10. The molecule has 0 saturated carbocycles. The SMILES string of the molecule is Cc1nc(C)c(CN2CCC(N)C(C)(C)C2)s1. The molecule has 1 fully saturated rings. The van der Waals surface area contributed by atoms with Crippen molar-refractivity contribution in [3.8, 4) is 0 Å². The number of nitrogens with zero attached hydrogens (tertiary/aromatic N) is 2. The van der Waals surface area contributed by atoms with E-state index in [1.165, 1.54) is 15.6 Å². The van der Waals surface area contributed by atoms with E-state index in [0.29, 0.717) is 6.04 Å². The zero-order valence-corrected chi connectivity index (χ0v) is 12.1. The third kappa shape index (κ3) is 2.87. The highest BCUT2D eigenvalue weighted by atomic mass is 32.1. The van der Waals surface area contributed by atoms with Gasteiger partial charge in [-0.2, -0.15) is 0 Å². The van der Waals surface area contributed by atoms with Crippen LogP contribution in [0, 0.1) is 19.3 Å². The molecule has 1 saturated heterocycles. The van der Waals surface area contributed by atoms with Crippen LogP contribution < -0.4 is 5.73 Å². The predicted molar refractivity (Wildman–Crippen MR) is 73.2 cm³/mol. The topological polar surface area (TPSA) is 42.2 Å². The summed E-state index contributed by atoms with van der Waals surface area (Å²) >= 11 is 1.82. The second-order valence-electron chi connectivity index (χ2n) is 5.84. The van der Waals surface area contributed by atoms with Crippen LogP contribution in [0.2, 0.25) is 0 Å². The van der Waals surface area contributed by atoms with Gasteiger partial charge in [0.25, 0.3) is 0 Å². The fraction of sp³-hybridized carbons (Fsp3) is 0.769. The molecule has 1 aliphatic heterocycles. The number of hydrogen-bond acceptors (Lipinski definition) is 4. The molecule has 0 radical (unpaired) electrons. The van der Waals surface area contributed by atoms with Crippen LogP contribution >= 0.6 is 11.3 Å². The molecular formula is C13H23N3S. The van der Waals surface area contributed by atoms with Crippen molar-refractivity contribution < 1.29 is 0 Å². The maximum atomic E-state index is 6.17. The van der Waals surface area contributed by atoms with E-state index in [9.17, 15) is 0 Å². The second-order valence-corrected chi connectivity index (χ2v) is 7.12. The number of nitrogens with two attached hydrogens (primary N) is 1. The molecule has 2 N–H and O–H groups in total. The third-order valence-corrected chi connectivity index (χ3v) is 4.82. The quantitative estimate of drug-likeness (QED) is 0.879. The van der Waals surface area contributed by atoms with E-state index in [4.69, 9.17) is 5.73 Å². The smallest absolute Gasteiger partial charge is 0.0900 e. The fourth-order valence-corrected chi connectivity index (χ4v) is 3.52. The molecule has 0 bridgehead atoms. The van der Waals surface area contributed by atoms with Crippen LogP contribution in [0.15, 0.2) is 0 Å². The van der Waals surface area contributed by atoms with E-state index in [1.807, 2.05) is 11.3 Å². The maximum absolute atomic E-state index is 6.17. The van der Waals surface area contributed by atoms with Crippen LogP contribution in [-0.4, -0.2) is 29.0 Å². The molecule has 0 aromatic carbocycles. The number of rotatable bonds is 2. The highest BCUT2D eigenvalue weighted by Crippen LogP contribution is 2.29. The molecule has 0 aliphatic carbocycles. The Morgan fingerprint density at radius 3 is 2.71 bits per heavy atom. The second kappa shape index (κ2) is 4.67. The minimum atomic E-state index is 0.228. The summed E-state index contributed by atoms with van der Waals surface area (Å²) in [7, 11) is 0. The van der Waals surface area contributed by atoms with Crippen molar-refractivity contribution in [2.75, 3.05) is 13.1 Å². The summed E-state index contributed by atoms with van der Waals surface area (Å²) in [5.41, 5.74) is 7.59. The molecule has 17 heavy (non-hydrogen) atoms. The first kappa shape index (κ1) is 13.0. The lowest BCUT2D eigenvalue weighted by Gasteiger charge is -2.42. The van der Waals surface area contributed by atoms with E-state index in [1.54, 1.807) is 0 Å². The average molecular weight is 253 g/mol. The Hall–Kier alpha value is -0.450. The first-order valence-corrected chi connectivity index (χ1v) is 7.11. The van der Waals surface area contributed by atoms with E-state index in [0.717, 1.165) is 26.1 Å². The maximum Gasteiger partial charge on any atom is 0.0900 e. The molecule has 96 valence electrons. The molecule has 0 spiro atoms. The van der Waals surface area contributed by atoms with Gasteiger partial charge in [-0.05, 0) is 25.7 Å². The molecule has 1 atom stereocenters. The Balaban J connectivity index is 2.03. The zero-order valence-electron chi connectivity index (χ0n) is 11.3. The Morgan fingerprint density at radius 1 is 1.47 bits per heavy atom. The van der Waals surface area contributed by atoms with Crippen molar-refractivity contribution in [3.05, 3.63) is 15.6 Å². The lowest BCUT2D eigenvalue weighted by molar-refractivity contribution is 0.0905. The van der Waals surface area contributed by atoms with Crippen LogP contribution in [0.4, 0.5) is 0 Å². The Bertz CT molecular complexity index is 397. The van der Waals surface area contributed by atoms with Crippen LogP contribution in [0.1, 0.15) is 35.8 Å². The van der Waals surface area contributed by atoms with Crippen molar-refractivity contribution in [2.24, 2.45) is 11.1 Å². The highest BCUT2D eigenvalue weighted by molar-refractivity contribution is 7.11. The summed E-state index contributed by atoms with van der Waals surface area (Å²) in [4.78, 5) is 8.42. The zero-order chi connectivity index (χ0) is 12.6. The van der Waals surface area contributed by atoms with Gasteiger partial charge in [-0.3, -0.25) is 4.90 Å². The molecule has 0 amide bonds. The number of thiazole rings is 1. The minimum Gasteiger partial charge on any atom is -0.327 e.